The monoisotopic (exact) mass is 375 g/mol. The molecule has 0 aliphatic carbocycles. The molecule has 0 N–H and O–H groups in total. The smallest absolute Gasteiger partial charge is 0.247 e. The van der Waals surface area contributed by atoms with Crippen molar-refractivity contribution in [3.05, 3.63) is 58.6 Å². The number of imide groups is 1. The third-order valence-electron chi connectivity index (χ3n) is 3.46. The second kappa shape index (κ2) is 6.26. The van der Waals surface area contributed by atoms with Gasteiger partial charge in [-0.05, 0) is 43.3 Å². The highest BCUT2D eigenvalue weighted by molar-refractivity contribution is 9.10. The number of hydrogen-bond donors (Lipinski definition) is 0. The van der Waals surface area contributed by atoms with Crippen LogP contribution in [0.1, 0.15) is 12.0 Å². The number of rotatable bonds is 3. The first-order valence-electron chi connectivity index (χ1n) is 6.90. The molecule has 0 aromatic heterocycles. The molecule has 0 saturated carbocycles. The summed E-state index contributed by atoms with van der Waals surface area (Å²) in [6, 6.07) is 15.2. The van der Waals surface area contributed by atoms with Gasteiger partial charge in [0.1, 0.15) is 0 Å². The number of aryl methyl sites for hydroxylation is 1. The van der Waals surface area contributed by atoms with Crippen molar-refractivity contribution in [3.63, 3.8) is 0 Å². The highest BCUT2D eigenvalue weighted by atomic mass is 79.9. The number of thioether (sulfide) groups is 1. The van der Waals surface area contributed by atoms with E-state index in [4.69, 9.17) is 0 Å². The van der Waals surface area contributed by atoms with Crippen molar-refractivity contribution < 1.29 is 9.59 Å². The zero-order chi connectivity index (χ0) is 15.7. The number of halogens is 1. The van der Waals surface area contributed by atoms with Crippen LogP contribution in [0.3, 0.4) is 0 Å². The van der Waals surface area contributed by atoms with E-state index in [2.05, 4.69) is 15.9 Å². The SMILES string of the molecule is Cc1cccc(S[C@H]2CC(=O)N(c3ccc(Br)cc3)C2=O)c1. The predicted octanol–water partition coefficient (Wildman–Crippen LogP) is 4.18. The van der Waals surface area contributed by atoms with Gasteiger partial charge in [0.15, 0.2) is 0 Å². The lowest BCUT2D eigenvalue weighted by atomic mass is 10.2. The van der Waals surface area contributed by atoms with Crippen LogP contribution in [0.4, 0.5) is 5.69 Å². The van der Waals surface area contributed by atoms with Gasteiger partial charge in [0.2, 0.25) is 11.8 Å². The number of anilines is 1. The minimum atomic E-state index is -0.349. The molecule has 1 atom stereocenters. The minimum absolute atomic E-state index is 0.140. The standard InChI is InChI=1S/C17H14BrNO2S/c1-11-3-2-4-14(9-11)22-15-10-16(20)19(17(15)21)13-7-5-12(18)6-8-13/h2-9,15H,10H2,1H3/t15-/m0/s1. The summed E-state index contributed by atoms with van der Waals surface area (Å²) in [4.78, 5) is 27.1. The van der Waals surface area contributed by atoms with Crippen LogP contribution in [-0.4, -0.2) is 17.1 Å². The van der Waals surface area contributed by atoms with Gasteiger partial charge < -0.3 is 0 Å². The summed E-state index contributed by atoms with van der Waals surface area (Å²) in [6.45, 7) is 2.01. The lowest BCUT2D eigenvalue weighted by molar-refractivity contribution is -0.121. The lowest BCUT2D eigenvalue weighted by Crippen LogP contribution is -2.31. The number of benzene rings is 2. The van der Waals surface area contributed by atoms with Crippen LogP contribution in [0, 0.1) is 6.92 Å². The Morgan fingerprint density at radius 1 is 1.14 bits per heavy atom. The molecule has 1 aliphatic rings. The molecular formula is C17H14BrNO2S. The molecule has 5 heteroatoms. The normalized spacial score (nSPS) is 18.1. The number of nitrogens with zero attached hydrogens (tertiary/aromatic N) is 1. The van der Waals surface area contributed by atoms with Gasteiger partial charge in [0.25, 0.3) is 0 Å². The zero-order valence-electron chi connectivity index (χ0n) is 12.0. The Bertz CT molecular complexity index is 730. The van der Waals surface area contributed by atoms with Gasteiger partial charge in [-0.2, -0.15) is 0 Å². The summed E-state index contributed by atoms with van der Waals surface area (Å²) in [5.41, 5.74) is 1.78. The van der Waals surface area contributed by atoms with Gasteiger partial charge in [-0.1, -0.05) is 33.6 Å². The Morgan fingerprint density at radius 3 is 2.55 bits per heavy atom. The summed E-state index contributed by atoms with van der Waals surface area (Å²) in [5.74, 6) is -0.281. The third-order valence-corrected chi connectivity index (χ3v) is 5.17. The molecule has 1 saturated heterocycles. The van der Waals surface area contributed by atoms with Gasteiger partial charge in [0, 0.05) is 15.8 Å². The molecular weight excluding hydrogens is 362 g/mol. The molecule has 0 unspecified atom stereocenters. The van der Waals surface area contributed by atoms with Crippen LogP contribution in [0.5, 0.6) is 0 Å². The van der Waals surface area contributed by atoms with Gasteiger partial charge in [-0.25, -0.2) is 4.90 Å². The first-order valence-corrected chi connectivity index (χ1v) is 8.57. The van der Waals surface area contributed by atoms with Gasteiger partial charge in [-0.15, -0.1) is 11.8 Å². The fourth-order valence-electron chi connectivity index (χ4n) is 2.41. The average molecular weight is 376 g/mol. The molecule has 1 aliphatic heterocycles. The molecule has 112 valence electrons. The molecule has 1 heterocycles. The predicted molar refractivity (Wildman–Crippen MR) is 92.1 cm³/mol. The number of hydrogen-bond acceptors (Lipinski definition) is 3. The lowest BCUT2D eigenvalue weighted by Gasteiger charge is -2.15. The van der Waals surface area contributed by atoms with E-state index in [-0.39, 0.29) is 23.5 Å². The van der Waals surface area contributed by atoms with Crippen LogP contribution in [0.25, 0.3) is 0 Å². The van der Waals surface area contributed by atoms with E-state index in [0.717, 1.165) is 14.9 Å². The van der Waals surface area contributed by atoms with Crippen LogP contribution in [0.15, 0.2) is 57.9 Å². The first-order chi connectivity index (χ1) is 10.5. The molecule has 2 aromatic rings. The Labute approximate surface area is 141 Å². The van der Waals surface area contributed by atoms with Crippen molar-refractivity contribution in [1.29, 1.82) is 0 Å². The third kappa shape index (κ3) is 3.10. The molecule has 2 amide bonds. The maximum absolute atomic E-state index is 12.6. The van der Waals surface area contributed by atoms with Crippen LogP contribution in [-0.2, 0) is 9.59 Å². The summed E-state index contributed by atoms with van der Waals surface area (Å²) in [5, 5.41) is -0.349. The highest BCUT2D eigenvalue weighted by Gasteiger charge is 2.40. The second-order valence-electron chi connectivity index (χ2n) is 5.17. The number of carbonyl (C=O) groups is 2. The highest BCUT2D eigenvalue weighted by Crippen LogP contribution is 2.34. The topological polar surface area (TPSA) is 37.4 Å². The van der Waals surface area contributed by atoms with E-state index in [1.165, 1.54) is 16.7 Å². The van der Waals surface area contributed by atoms with E-state index in [1.54, 1.807) is 12.1 Å². The molecule has 3 rings (SSSR count). The van der Waals surface area contributed by atoms with Gasteiger partial charge >= 0.3 is 0 Å². The second-order valence-corrected chi connectivity index (χ2v) is 7.36. The minimum Gasteiger partial charge on any atom is -0.274 e. The summed E-state index contributed by atoms with van der Waals surface area (Å²) in [6.07, 6.45) is 0.244. The molecule has 0 bridgehead atoms. The fraction of sp³-hybridized carbons (Fsp3) is 0.176. The molecule has 1 fully saturated rings. The molecule has 0 spiro atoms. The van der Waals surface area contributed by atoms with Crippen molar-refractivity contribution in [2.24, 2.45) is 0 Å². The maximum Gasteiger partial charge on any atom is 0.247 e. The largest absolute Gasteiger partial charge is 0.274 e. The van der Waals surface area contributed by atoms with E-state index < -0.39 is 0 Å². The van der Waals surface area contributed by atoms with E-state index >= 15 is 0 Å². The Morgan fingerprint density at radius 2 is 1.86 bits per heavy atom. The van der Waals surface area contributed by atoms with Crippen LogP contribution >= 0.6 is 27.7 Å². The van der Waals surface area contributed by atoms with E-state index in [1.807, 2.05) is 43.3 Å². The number of amides is 2. The van der Waals surface area contributed by atoms with Crippen molar-refractivity contribution in [1.82, 2.24) is 0 Å². The first kappa shape index (κ1) is 15.3. The molecule has 2 aromatic carbocycles. The Balaban J connectivity index is 1.81. The summed E-state index contributed by atoms with van der Waals surface area (Å²) in [7, 11) is 0. The van der Waals surface area contributed by atoms with Crippen LogP contribution < -0.4 is 4.90 Å². The summed E-state index contributed by atoms with van der Waals surface area (Å²) >= 11 is 4.81. The molecule has 22 heavy (non-hydrogen) atoms. The average Bonchev–Trinajstić information content (AvgIpc) is 2.75. The zero-order valence-corrected chi connectivity index (χ0v) is 14.4. The van der Waals surface area contributed by atoms with E-state index in [0.29, 0.717) is 5.69 Å². The number of carbonyl (C=O) groups excluding carboxylic acids is 2. The van der Waals surface area contributed by atoms with Crippen LogP contribution in [0.2, 0.25) is 0 Å². The van der Waals surface area contributed by atoms with Crippen molar-refractivity contribution in [2.75, 3.05) is 4.90 Å². The molecule has 0 radical (unpaired) electrons. The fourth-order valence-corrected chi connectivity index (χ4v) is 3.85. The Hall–Kier alpha value is -1.59. The molecule has 3 nitrogen and oxygen atoms in total. The summed E-state index contributed by atoms with van der Waals surface area (Å²) < 4.78 is 0.918. The van der Waals surface area contributed by atoms with Crippen molar-refractivity contribution >= 4 is 45.2 Å². The van der Waals surface area contributed by atoms with Crippen molar-refractivity contribution in [3.8, 4) is 0 Å². The van der Waals surface area contributed by atoms with E-state index in [9.17, 15) is 9.59 Å². The van der Waals surface area contributed by atoms with Gasteiger partial charge in [0.05, 0.1) is 10.9 Å². The maximum atomic E-state index is 12.6. The van der Waals surface area contributed by atoms with Crippen molar-refractivity contribution in [2.45, 2.75) is 23.5 Å². The Kier molecular flexibility index (Phi) is 4.36. The van der Waals surface area contributed by atoms with Gasteiger partial charge in [-0.3, -0.25) is 9.59 Å². The quantitative estimate of drug-likeness (QED) is 0.755.